The zero-order valence-corrected chi connectivity index (χ0v) is 10.4. The fourth-order valence-electron chi connectivity index (χ4n) is 1.99. The van der Waals surface area contributed by atoms with E-state index in [-0.39, 0.29) is 5.91 Å². The van der Waals surface area contributed by atoms with Crippen LogP contribution in [0.3, 0.4) is 0 Å². The Bertz CT molecular complexity index is 220. The Morgan fingerprint density at radius 2 is 2.31 bits per heavy atom. The van der Waals surface area contributed by atoms with Crippen LogP contribution in [0.25, 0.3) is 0 Å². The molecule has 94 valence electrons. The maximum absolute atomic E-state index is 11.4. The topological polar surface area (TPSA) is 61.6 Å². The van der Waals surface area contributed by atoms with Gasteiger partial charge in [-0.05, 0) is 13.0 Å². The van der Waals surface area contributed by atoms with Gasteiger partial charge >= 0.3 is 0 Å². The summed E-state index contributed by atoms with van der Waals surface area (Å²) in [7, 11) is 3.60. The molecule has 0 bridgehead atoms. The van der Waals surface area contributed by atoms with Gasteiger partial charge in [0.1, 0.15) is 0 Å². The summed E-state index contributed by atoms with van der Waals surface area (Å²) in [6.45, 7) is 4.70. The van der Waals surface area contributed by atoms with Gasteiger partial charge in [0.2, 0.25) is 5.91 Å². The van der Waals surface area contributed by atoms with Crippen molar-refractivity contribution in [3.8, 4) is 0 Å². The lowest BCUT2D eigenvalue weighted by atomic mass is 10.1. The molecular formula is C11H24N4O. The second kappa shape index (κ2) is 6.83. The maximum atomic E-state index is 11.4. The Labute approximate surface area is 98.0 Å². The molecule has 1 aliphatic heterocycles. The lowest BCUT2D eigenvalue weighted by Crippen LogP contribution is -2.54. The minimum atomic E-state index is 0.208. The predicted octanol–water partition coefficient (Wildman–Crippen LogP) is -0.913. The maximum Gasteiger partial charge on any atom is 0.222 e. The molecular weight excluding hydrogens is 204 g/mol. The van der Waals surface area contributed by atoms with Crippen molar-refractivity contribution in [1.29, 1.82) is 0 Å². The van der Waals surface area contributed by atoms with Crippen molar-refractivity contribution in [2.75, 3.05) is 46.8 Å². The summed E-state index contributed by atoms with van der Waals surface area (Å²) in [5, 5.41) is 3.34. The van der Waals surface area contributed by atoms with Gasteiger partial charge in [-0.1, -0.05) is 0 Å². The number of amides is 1. The SMILES string of the molecule is CN(C)C(=O)CCCN1CCNCC1CN. The fraction of sp³-hybridized carbons (Fsp3) is 0.909. The van der Waals surface area contributed by atoms with E-state index in [1.165, 1.54) is 0 Å². The number of nitrogens with two attached hydrogens (primary N) is 1. The third kappa shape index (κ3) is 4.08. The van der Waals surface area contributed by atoms with E-state index < -0.39 is 0 Å². The minimum absolute atomic E-state index is 0.208. The van der Waals surface area contributed by atoms with E-state index in [0.717, 1.165) is 32.6 Å². The number of hydrogen-bond acceptors (Lipinski definition) is 4. The first-order valence-electron chi connectivity index (χ1n) is 6.00. The molecule has 0 saturated carbocycles. The molecule has 0 aliphatic carbocycles. The molecule has 1 saturated heterocycles. The lowest BCUT2D eigenvalue weighted by Gasteiger charge is -2.35. The van der Waals surface area contributed by atoms with Crippen molar-refractivity contribution < 1.29 is 4.79 Å². The largest absolute Gasteiger partial charge is 0.349 e. The third-order valence-corrected chi connectivity index (χ3v) is 3.08. The van der Waals surface area contributed by atoms with Crippen LogP contribution in [0.2, 0.25) is 0 Å². The van der Waals surface area contributed by atoms with E-state index >= 15 is 0 Å². The van der Waals surface area contributed by atoms with E-state index in [2.05, 4.69) is 10.2 Å². The highest BCUT2D eigenvalue weighted by Crippen LogP contribution is 2.04. The second-order valence-corrected chi connectivity index (χ2v) is 4.52. The van der Waals surface area contributed by atoms with Crippen LogP contribution >= 0.6 is 0 Å². The van der Waals surface area contributed by atoms with Crippen LogP contribution in [-0.2, 0) is 4.79 Å². The first-order valence-corrected chi connectivity index (χ1v) is 6.00. The molecule has 1 unspecified atom stereocenters. The van der Waals surface area contributed by atoms with Gasteiger partial charge in [-0.3, -0.25) is 9.69 Å². The summed E-state index contributed by atoms with van der Waals surface area (Å²) >= 11 is 0. The zero-order valence-electron chi connectivity index (χ0n) is 10.4. The van der Waals surface area contributed by atoms with E-state index in [0.29, 0.717) is 19.0 Å². The molecule has 0 aromatic heterocycles. The van der Waals surface area contributed by atoms with E-state index in [4.69, 9.17) is 5.73 Å². The third-order valence-electron chi connectivity index (χ3n) is 3.08. The van der Waals surface area contributed by atoms with Crippen molar-refractivity contribution in [2.24, 2.45) is 5.73 Å². The van der Waals surface area contributed by atoms with E-state index in [1.807, 2.05) is 0 Å². The quantitative estimate of drug-likeness (QED) is 0.639. The molecule has 1 fully saturated rings. The Morgan fingerprint density at radius 1 is 1.56 bits per heavy atom. The summed E-state index contributed by atoms with van der Waals surface area (Å²) in [4.78, 5) is 15.4. The number of hydrogen-bond donors (Lipinski definition) is 2. The first kappa shape index (κ1) is 13.4. The summed E-state index contributed by atoms with van der Waals surface area (Å²) in [5.74, 6) is 0.208. The first-order chi connectivity index (χ1) is 7.65. The molecule has 1 rings (SSSR count). The number of carbonyl (C=O) groups excluding carboxylic acids is 1. The van der Waals surface area contributed by atoms with Crippen molar-refractivity contribution in [1.82, 2.24) is 15.1 Å². The number of carbonyl (C=O) groups is 1. The highest BCUT2D eigenvalue weighted by molar-refractivity contribution is 5.75. The summed E-state index contributed by atoms with van der Waals surface area (Å²) in [5.41, 5.74) is 5.72. The predicted molar refractivity (Wildman–Crippen MR) is 65.2 cm³/mol. The van der Waals surface area contributed by atoms with Gasteiger partial charge in [0.25, 0.3) is 0 Å². The molecule has 1 atom stereocenters. The molecule has 1 aliphatic rings. The van der Waals surface area contributed by atoms with Gasteiger partial charge in [0.15, 0.2) is 0 Å². The summed E-state index contributed by atoms with van der Waals surface area (Å²) in [6, 6.07) is 0.434. The normalized spacial score (nSPS) is 22.1. The van der Waals surface area contributed by atoms with Crippen LogP contribution in [0.1, 0.15) is 12.8 Å². The molecule has 1 amide bonds. The van der Waals surface area contributed by atoms with Crippen molar-refractivity contribution in [2.45, 2.75) is 18.9 Å². The number of rotatable bonds is 5. The Hall–Kier alpha value is -0.650. The molecule has 1 heterocycles. The number of piperazine rings is 1. The number of nitrogens with one attached hydrogen (secondary N) is 1. The van der Waals surface area contributed by atoms with Crippen LogP contribution in [0, 0.1) is 0 Å². The fourth-order valence-corrected chi connectivity index (χ4v) is 1.99. The van der Waals surface area contributed by atoms with Crippen molar-refractivity contribution >= 4 is 5.91 Å². The standard InChI is InChI=1S/C11H24N4O/c1-14(2)11(16)4-3-6-15-7-5-13-9-10(15)8-12/h10,13H,3-9,12H2,1-2H3. The molecule has 16 heavy (non-hydrogen) atoms. The lowest BCUT2D eigenvalue weighted by molar-refractivity contribution is -0.128. The summed E-state index contributed by atoms with van der Waals surface area (Å²) < 4.78 is 0. The molecule has 0 spiro atoms. The average molecular weight is 228 g/mol. The smallest absolute Gasteiger partial charge is 0.222 e. The van der Waals surface area contributed by atoms with E-state index in [1.54, 1.807) is 19.0 Å². The van der Waals surface area contributed by atoms with Crippen LogP contribution in [-0.4, -0.2) is 68.6 Å². The van der Waals surface area contributed by atoms with Crippen LogP contribution in [0.5, 0.6) is 0 Å². The van der Waals surface area contributed by atoms with Crippen LogP contribution in [0.4, 0.5) is 0 Å². The molecule has 3 N–H and O–H groups in total. The minimum Gasteiger partial charge on any atom is -0.349 e. The Balaban J connectivity index is 2.22. The molecule has 5 nitrogen and oxygen atoms in total. The van der Waals surface area contributed by atoms with Crippen LogP contribution in [0.15, 0.2) is 0 Å². The average Bonchev–Trinajstić information content (AvgIpc) is 2.29. The number of nitrogens with zero attached hydrogens (tertiary/aromatic N) is 2. The van der Waals surface area contributed by atoms with Gasteiger partial charge in [-0.15, -0.1) is 0 Å². The Morgan fingerprint density at radius 3 is 2.94 bits per heavy atom. The monoisotopic (exact) mass is 228 g/mol. The van der Waals surface area contributed by atoms with Gasteiger partial charge < -0.3 is 16.0 Å². The second-order valence-electron chi connectivity index (χ2n) is 4.52. The molecule has 0 aromatic carbocycles. The van der Waals surface area contributed by atoms with Gasteiger partial charge in [-0.25, -0.2) is 0 Å². The molecule has 0 radical (unpaired) electrons. The van der Waals surface area contributed by atoms with E-state index in [9.17, 15) is 4.79 Å². The van der Waals surface area contributed by atoms with Crippen molar-refractivity contribution in [3.05, 3.63) is 0 Å². The van der Waals surface area contributed by atoms with Gasteiger partial charge in [0, 0.05) is 52.7 Å². The van der Waals surface area contributed by atoms with Gasteiger partial charge in [0.05, 0.1) is 0 Å². The molecule has 5 heteroatoms. The zero-order chi connectivity index (χ0) is 12.0. The molecule has 0 aromatic rings. The van der Waals surface area contributed by atoms with Gasteiger partial charge in [-0.2, -0.15) is 0 Å². The summed E-state index contributed by atoms with van der Waals surface area (Å²) in [6.07, 6.45) is 1.56. The highest BCUT2D eigenvalue weighted by Gasteiger charge is 2.20. The Kier molecular flexibility index (Phi) is 5.73. The van der Waals surface area contributed by atoms with Crippen molar-refractivity contribution in [3.63, 3.8) is 0 Å². The highest BCUT2D eigenvalue weighted by atomic mass is 16.2. The van der Waals surface area contributed by atoms with Crippen LogP contribution < -0.4 is 11.1 Å².